The van der Waals surface area contributed by atoms with Crippen LogP contribution in [0.2, 0.25) is 0 Å². The van der Waals surface area contributed by atoms with Crippen LogP contribution in [-0.2, 0) is 17.6 Å². The minimum absolute atomic E-state index is 0. The van der Waals surface area contributed by atoms with E-state index in [4.69, 9.17) is 15.5 Å². The second-order valence-electron chi connectivity index (χ2n) is 6.32. The summed E-state index contributed by atoms with van der Waals surface area (Å²) < 4.78 is 5.75. The molecular formula is C18H28IN3O. The molecule has 0 bridgehead atoms. The number of ether oxygens (including phenoxy) is 1. The summed E-state index contributed by atoms with van der Waals surface area (Å²) in [5.74, 6) is 1.12. The summed E-state index contributed by atoms with van der Waals surface area (Å²) in [7, 11) is 0. The molecule has 3 unspecified atom stereocenters. The number of anilines is 1. The quantitative estimate of drug-likeness (QED) is 0.436. The number of hydrogen-bond acceptors (Lipinski definition) is 2. The minimum atomic E-state index is 0. The van der Waals surface area contributed by atoms with E-state index < -0.39 is 0 Å². The summed E-state index contributed by atoms with van der Waals surface area (Å²) in [6.45, 7) is 5.25. The largest absolute Gasteiger partial charge is 0.378 e. The SMILES string of the molecule is CCc1cccc(CC)c1NC(N)=NC1CC2OCCCC12.I. The number of nitrogens with zero attached hydrogens (tertiary/aromatic N) is 1. The van der Waals surface area contributed by atoms with Gasteiger partial charge in [-0.3, -0.25) is 0 Å². The van der Waals surface area contributed by atoms with Crippen LogP contribution in [0.3, 0.4) is 0 Å². The van der Waals surface area contributed by atoms with Crippen molar-refractivity contribution in [1.82, 2.24) is 0 Å². The van der Waals surface area contributed by atoms with Crippen LogP contribution in [0.1, 0.15) is 44.2 Å². The van der Waals surface area contributed by atoms with Gasteiger partial charge in [0.25, 0.3) is 0 Å². The number of guanidine groups is 1. The second-order valence-corrected chi connectivity index (χ2v) is 6.32. The van der Waals surface area contributed by atoms with Gasteiger partial charge in [-0.15, -0.1) is 24.0 Å². The van der Waals surface area contributed by atoms with Crippen molar-refractivity contribution in [3.8, 4) is 0 Å². The Kier molecular flexibility index (Phi) is 6.71. The first-order valence-electron chi connectivity index (χ1n) is 8.55. The van der Waals surface area contributed by atoms with E-state index in [1.54, 1.807) is 0 Å². The highest BCUT2D eigenvalue weighted by Crippen LogP contribution is 2.39. The monoisotopic (exact) mass is 429 g/mol. The maximum absolute atomic E-state index is 6.18. The molecule has 1 aromatic carbocycles. The van der Waals surface area contributed by atoms with Crippen LogP contribution in [-0.4, -0.2) is 24.7 Å². The van der Waals surface area contributed by atoms with Crippen LogP contribution in [0.25, 0.3) is 0 Å². The molecule has 1 saturated carbocycles. The molecule has 0 radical (unpaired) electrons. The number of halogens is 1. The summed E-state index contributed by atoms with van der Waals surface area (Å²) >= 11 is 0. The van der Waals surface area contributed by atoms with Gasteiger partial charge in [0.2, 0.25) is 0 Å². The van der Waals surface area contributed by atoms with Gasteiger partial charge < -0.3 is 15.8 Å². The number of para-hydroxylation sites is 1. The number of aryl methyl sites for hydroxylation is 2. The zero-order valence-electron chi connectivity index (χ0n) is 14.0. The van der Waals surface area contributed by atoms with Crippen molar-refractivity contribution in [3.05, 3.63) is 29.3 Å². The van der Waals surface area contributed by atoms with Crippen LogP contribution >= 0.6 is 24.0 Å². The van der Waals surface area contributed by atoms with Crippen molar-refractivity contribution in [1.29, 1.82) is 0 Å². The van der Waals surface area contributed by atoms with Crippen LogP contribution in [0.5, 0.6) is 0 Å². The van der Waals surface area contributed by atoms with Crippen molar-refractivity contribution >= 4 is 35.6 Å². The third-order valence-electron chi connectivity index (χ3n) is 5.02. The number of hydrogen-bond donors (Lipinski definition) is 2. The van der Waals surface area contributed by atoms with E-state index >= 15 is 0 Å². The third kappa shape index (κ3) is 3.99. The Balaban J connectivity index is 0.00000192. The average molecular weight is 429 g/mol. The Morgan fingerprint density at radius 2 is 2.00 bits per heavy atom. The van der Waals surface area contributed by atoms with Crippen molar-refractivity contribution < 1.29 is 4.74 Å². The predicted molar refractivity (Wildman–Crippen MR) is 107 cm³/mol. The lowest BCUT2D eigenvalue weighted by Crippen LogP contribution is -2.49. The molecule has 0 aromatic heterocycles. The lowest BCUT2D eigenvalue weighted by Gasteiger charge is -2.45. The van der Waals surface area contributed by atoms with Gasteiger partial charge in [-0.1, -0.05) is 32.0 Å². The fraction of sp³-hybridized carbons (Fsp3) is 0.611. The van der Waals surface area contributed by atoms with Gasteiger partial charge in [0.15, 0.2) is 5.96 Å². The summed E-state index contributed by atoms with van der Waals surface area (Å²) in [6, 6.07) is 6.76. The van der Waals surface area contributed by atoms with Crippen LogP contribution in [0.4, 0.5) is 5.69 Å². The molecule has 23 heavy (non-hydrogen) atoms. The molecule has 5 heteroatoms. The van der Waals surface area contributed by atoms with Gasteiger partial charge in [0.05, 0.1) is 12.1 Å². The maximum atomic E-state index is 6.18. The molecule has 1 heterocycles. The van der Waals surface area contributed by atoms with Crippen molar-refractivity contribution in [2.75, 3.05) is 11.9 Å². The highest BCUT2D eigenvalue weighted by molar-refractivity contribution is 14.0. The molecular weight excluding hydrogens is 401 g/mol. The van der Waals surface area contributed by atoms with E-state index in [1.165, 1.54) is 17.5 Å². The maximum Gasteiger partial charge on any atom is 0.193 e. The Bertz CT molecular complexity index is 539. The van der Waals surface area contributed by atoms with Gasteiger partial charge >= 0.3 is 0 Å². The molecule has 1 aromatic rings. The van der Waals surface area contributed by atoms with Crippen molar-refractivity contribution in [2.24, 2.45) is 16.6 Å². The van der Waals surface area contributed by atoms with E-state index in [-0.39, 0.29) is 24.0 Å². The molecule has 2 aliphatic rings. The number of nitrogens with one attached hydrogen (secondary N) is 1. The highest BCUT2D eigenvalue weighted by Gasteiger charge is 2.43. The van der Waals surface area contributed by atoms with Gasteiger partial charge in [0, 0.05) is 18.2 Å². The first-order valence-corrected chi connectivity index (χ1v) is 8.55. The second kappa shape index (κ2) is 8.33. The standard InChI is InChI=1S/C18H27N3O.HI/c1-3-12-7-5-8-13(4-2)17(12)21-18(19)20-15-11-16-14(15)9-6-10-22-16;/h5,7-8,14-16H,3-4,6,9-11H2,1-2H3,(H3,19,20,21);1H. The highest BCUT2D eigenvalue weighted by atomic mass is 127. The number of aliphatic imine (C=N–C) groups is 1. The number of benzene rings is 1. The summed E-state index contributed by atoms with van der Waals surface area (Å²) in [4.78, 5) is 4.72. The number of nitrogens with two attached hydrogens (primary N) is 1. The van der Waals surface area contributed by atoms with E-state index in [9.17, 15) is 0 Å². The average Bonchev–Trinajstić information content (AvgIpc) is 2.53. The molecule has 0 spiro atoms. The summed E-state index contributed by atoms with van der Waals surface area (Å²) in [5, 5.41) is 3.36. The Morgan fingerprint density at radius 3 is 2.61 bits per heavy atom. The van der Waals surface area contributed by atoms with Crippen LogP contribution < -0.4 is 11.1 Å². The molecule has 3 rings (SSSR count). The molecule has 3 atom stereocenters. The Labute approximate surface area is 156 Å². The minimum Gasteiger partial charge on any atom is -0.378 e. The van der Waals surface area contributed by atoms with Gasteiger partial charge in [0.1, 0.15) is 0 Å². The first kappa shape index (κ1) is 18.5. The van der Waals surface area contributed by atoms with Gasteiger partial charge in [-0.05, 0) is 43.2 Å². The van der Waals surface area contributed by atoms with E-state index in [1.807, 2.05) is 0 Å². The zero-order chi connectivity index (χ0) is 15.5. The van der Waals surface area contributed by atoms with Gasteiger partial charge in [-0.2, -0.15) is 0 Å². The van der Waals surface area contributed by atoms with Crippen LogP contribution in [0, 0.1) is 5.92 Å². The van der Waals surface area contributed by atoms with Crippen molar-refractivity contribution in [3.63, 3.8) is 0 Å². The fourth-order valence-corrected chi connectivity index (χ4v) is 3.65. The smallest absolute Gasteiger partial charge is 0.193 e. The Morgan fingerprint density at radius 1 is 1.30 bits per heavy atom. The number of rotatable bonds is 4. The molecule has 0 amide bonds. The van der Waals surface area contributed by atoms with Gasteiger partial charge in [-0.25, -0.2) is 4.99 Å². The van der Waals surface area contributed by atoms with E-state index in [2.05, 4.69) is 37.4 Å². The van der Waals surface area contributed by atoms with Crippen molar-refractivity contribution in [2.45, 2.75) is 58.1 Å². The summed E-state index contributed by atoms with van der Waals surface area (Å²) in [6.07, 6.45) is 5.79. The lowest BCUT2D eigenvalue weighted by molar-refractivity contribution is -0.0937. The zero-order valence-corrected chi connectivity index (χ0v) is 16.4. The predicted octanol–water partition coefficient (Wildman–Crippen LogP) is 3.72. The summed E-state index contributed by atoms with van der Waals surface area (Å²) in [5.41, 5.74) is 9.92. The molecule has 1 saturated heterocycles. The van der Waals surface area contributed by atoms with E-state index in [0.717, 1.165) is 38.0 Å². The fourth-order valence-electron chi connectivity index (χ4n) is 3.65. The van der Waals surface area contributed by atoms with E-state index in [0.29, 0.717) is 24.0 Å². The van der Waals surface area contributed by atoms with Crippen LogP contribution in [0.15, 0.2) is 23.2 Å². The number of fused-ring (bicyclic) bond motifs is 1. The molecule has 128 valence electrons. The normalized spacial score (nSPS) is 26.7. The third-order valence-corrected chi connectivity index (χ3v) is 5.02. The first-order chi connectivity index (χ1) is 10.7. The molecule has 1 aliphatic carbocycles. The molecule has 4 nitrogen and oxygen atoms in total. The lowest BCUT2D eigenvalue weighted by atomic mass is 9.73. The molecule has 1 aliphatic heterocycles. The molecule has 3 N–H and O–H groups in total. The topological polar surface area (TPSA) is 59.6 Å². The molecule has 2 fully saturated rings. The Hall–Kier alpha value is -0.820.